The van der Waals surface area contributed by atoms with E-state index in [0.717, 1.165) is 0 Å². The van der Waals surface area contributed by atoms with E-state index in [9.17, 15) is 9.18 Å². The van der Waals surface area contributed by atoms with Crippen LogP contribution in [0, 0.1) is 5.82 Å². The molecular formula is C11H16ClFN2O2. The van der Waals surface area contributed by atoms with E-state index in [1.807, 2.05) is 0 Å². The summed E-state index contributed by atoms with van der Waals surface area (Å²) in [5.41, 5.74) is 5.19. The number of hydrogen-bond donors (Lipinski definition) is 1. The second-order valence-corrected chi connectivity index (χ2v) is 3.30. The number of rotatable bonds is 5. The Labute approximate surface area is 106 Å². The molecule has 17 heavy (non-hydrogen) atoms. The summed E-state index contributed by atoms with van der Waals surface area (Å²) >= 11 is 0. The third-order valence-electron chi connectivity index (χ3n) is 2.12. The first-order chi connectivity index (χ1) is 7.65. The average molecular weight is 263 g/mol. The molecule has 0 fully saturated rings. The third-order valence-corrected chi connectivity index (χ3v) is 2.12. The largest absolute Gasteiger partial charge is 0.489 e. The first-order valence-corrected chi connectivity index (χ1v) is 4.96. The van der Waals surface area contributed by atoms with Crippen LogP contribution in [-0.4, -0.2) is 37.6 Å². The van der Waals surface area contributed by atoms with Gasteiger partial charge >= 0.3 is 0 Å². The average Bonchev–Trinajstić information content (AvgIpc) is 2.30. The first-order valence-electron chi connectivity index (χ1n) is 4.96. The molecule has 6 heteroatoms. The van der Waals surface area contributed by atoms with Crippen molar-refractivity contribution in [1.82, 2.24) is 4.90 Å². The maximum Gasteiger partial charge on any atom is 0.236 e. The summed E-state index contributed by atoms with van der Waals surface area (Å²) in [6, 6.07) is 6.14. The molecule has 96 valence electrons. The molecule has 0 heterocycles. The molecule has 0 aliphatic rings. The van der Waals surface area contributed by atoms with Crippen molar-refractivity contribution in [2.45, 2.75) is 0 Å². The summed E-state index contributed by atoms with van der Waals surface area (Å²) < 4.78 is 18.3. The Bertz CT molecular complexity index is 363. The molecule has 0 bridgehead atoms. The number of benzene rings is 1. The van der Waals surface area contributed by atoms with Crippen LogP contribution >= 0.6 is 12.4 Å². The van der Waals surface area contributed by atoms with Gasteiger partial charge in [0.2, 0.25) is 5.91 Å². The second kappa shape index (κ2) is 7.86. The lowest BCUT2D eigenvalue weighted by molar-refractivity contribution is -0.128. The van der Waals surface area contributed by atoms with Crippen molar-refractivity contribution in [1.29, 1.82) is 0 Å². The van der Waals surface area contributed by atoms with E-state index < -0.39 is 5.82 Å². The number of para-hydroxylation sites is 1. The van der Waals surface area contributed by atoms with Gasteiger partial charge in [0, 0.05) is 7.05 Å². The maximum atomic E-state index is 13.1. The molecule has 0 saturated carbocycles. The number of carbonyl (C=O) groups is 1. The Morgan fingerprint density at radius 1 is 1.47 bits per heavy atom. The Kier molecular flexibility index (Phi) is 7.25. The SMILES string of the molecule is CN(CCOc1ccccc1F)C(=O)CN.Cl. The van der Waals surface area contributed by atoms with Crippen molar-refractivity contribution in [3.63, 3.8) is 0 Å². The molecule has 1 aromatic rings. The quantitative estimate of drug-likeness (QED) is 0.863. The third kappa shape index (κ3) is 5.01. The highest BCUT2D eigenvalue weighted by molar-refractivity contribution is 5.85. The predicted octanol–water partition coefficient (Wildman–Crippen LogP) is 1.04. The lowest BCUT2D eigenvalue weighted by atomic mass is 10.3. The molecule has 0 aliphatic carbocycles. The molecular weight excluding hydrogens is 247 g/mol. The fourth-order valence-electron chi connectivity index (χ4n) is 1.13. The van der Waals surface area contributed by atoms with Crippen molar-refractivity contribution in [2.24, 2.45) is 5.73 Å². The fourth-order valence-corrected chi connectivity index (χ4v) is 1.13. The molecule has 0 saturated heterocycles. The van der Waals surface area contributed by atoms with Gasteiger partial charge in [0.25, 0.3) is 0 Å². The summed E-state index contributed by atoms with van der Waals surface area (Å²) in [7, 11) is 1.62. The topological polar surface area (TPSA) is 55.6 Å². The number of likely N-dealkylation sites (N-methyl/N-ethyl adjacent to an activating group) is 1. The lowest BCUT2D eigenvalue weighted by Crippen LogP contribution is -2.35. The molecule has 0 aromatic heterocycles. The van der Waals surface area contributed by atoms with Crippen molar-refractivity contribution in [2.75, 3.05) is 26.7 Å². The van der Waals surface area contributed by atoms with Crippen LogP contribution in [0.2, 0.25) is 0 Å². The van der Waals surface area contributed by atoms with Crippen LogP contribution in [0.4, 0.5) is 4.39 Å². The summed E-state index contributed by atoms with van der Waals surface area (Å²) in [6.07, 6.45) is 0. The molecule has 4 nitrogen and oxygen atoms in total. The number of nitrogens with two attached hydrogens (primary N) is 1. The Balaban J connectivity index is 0.00000256. The van der Waals surface area contributed by atoms with Gasteiger partial charge in [-0.3, -0.25) is 4.79 Å². The summed E-state index contributed by atoms with van der Waals surface area (Å²) in [4.78, 5) is 12.5. The highest BCUT2D eigenvalue weighted by Crippen LogP contribution is 2.14. The summed E-state index contributed by atoms with van der Waals surface area (Å²) in [5, 5.41) is 0. The minimum absolute atomic E-state index is 0. The zero-order chi connectivity index (χ0) is 12.0. The maximum absolute atomic E-state index is 13.1. The number of halogens is 2. The van der Waals surface area contributed by atoms with Gasteiger partial charge in [-0.1, -0.05) is 12.1 Å². The smallest absolute Gasteiger partial charge is 0.236 e. The zero-order valence-electron chi connectivity index (χ0n) is 9.56. The van der Waals surface area contributed by atoms with E-state index in [1.165, 1.54) is 11.0 Å². The van der Waals surface area contributed by atoms with Gasteiger partial charge in [0.05, 0.1) is 13.1 Å². The van der Waals surface area contributed by atoms with E-state index in [-0.39, 0.29) is 37.2 Å². The van der Waals surface area contributed by atoms with E-state index >= 15 is 0 Å². The van der Waals surface area contributed by atoms with E-state index in [4.69, 9.17) is 10.5 Å². The van der Waals surface area contributed by atoms with E-state index in [1.54, 1.807) is 25.2 Å². The van der Waals surface area contributed by atoms with Crippen LogP contribution in [0.3, 0.4) is 0 Å². The van der Waals surface area contributed by atoms with Crippen LogP contribution in [0.1, 0.15) is 0 Å². The molecule has 0 radical (unpaired) electrons. The molecule has 0 spiro atoms. The van der Waals surface area contributed by atoms with Crippen LogP contribution in [0.15, 0.2) is 24.3 Å². The molecule has 1 aromatic carbocycles. The Morgan fingerprint density at radius 2 is 2.12 bits per heavy atom. The van der Waals surface area contributed by atoms with E-state index in [2.05, 4.69) is 0 Å². The molecule has 1 amide bonds. The second-order valence-electron chi connectivity index (χ2n) is 3.30. The number of carbonyl (C=O) groups excluding carboxylic acids is 1. The zero-order valence-corrected chi connectivity index (χ0v) is 10.4. The lowest BCUT2D eigenvalue weighted by Gasteiger charge is -2.16. The highest BCUT2D eigenvalue weighted by atomic mass is 35.5. The molecule has 0 unspecified atom stereocenters. The molecule has 0 aliphatic heterocycles. The Hall–Kier alpha value is -1.33. The van der Waals surface area contributed by atoms with Gasteiger partial charge < -0.3 is 15.4 Å². The van der Waals surface area contributed by atoms with Crippen LogP contribution in [-0.2, 0) is 4.79 Å². The number of nitrogens with zero attached hydrogens (tertiary/aromatic N) is 1. The number of hydrogen-bond acceptors (Lipinski definition) is 3. The van der Waals surface area contributed by atoms with Gasteiger partial charge in [-0.2, -0.15) is 0 Å². The number of ether oxygens (including phenoxy) is 1. The monoisotopic (exact) mass is 262 g/mol. The van der Waals surface area contributed by atoms with E-state index in [0.29, 0.717) is 6.54 Å². The van der Waals surface area contributed by atoms with Crippen LogP contribution < -0.4 is 10.5 Å². The number of amides is 1. The van der Waals surface area contributed by atoms with Crippen molar-refractivity contribution >= 4 is 18.3 Å². The molecule has 1 rings (SSSR count). The van der Waals surface area contributed by atoms with Gasteiger partial charge in [-0.25, -0.2) is 4.39 Å². The highest BCUT2D eigenvalue weighted by Gasteiger charge is 2.06. The van der Waals surface area contributed by atoms with Gasteiger partial charge in [0.1, 0.15) is 6.61 Å². The van der Waals surface area contributed by atoms with Gasteiger partial charge in [0.15, 0.2) is 11.6 Å². The van der Waals surface area contributed by atoms with Gasteiger partial charge in [-0.15, -0.1) is 12.4 Å². The first kappa shape index (κ1) is 15.7. The molecule has 2 N–H and O–H groups in total. The normalized spacial score (nSPS) is 9.35. The fraction of sp³-hybridized carbons (Fsp3) is 0.364. The van der Waals surface area contributed by atoms with Gasteiger partial charge in [-0.05, 0) is 12.1 Å². The minimum Gasteiger partial charge on any atom is -0.489 e. The van der Waals surface area contributed by atoms with Crippen LogP contribution in [0.5, 0.6) is 5.75 Å². The van der Waals surface area contributed by atoms with Crippen LogP contribution in [0.25, 0.3) is 0 Å². The molecule has 0 atom stereocenters. The van der Waals surface area contributed by atoms with Crippen molar-refractivity contribution in [3.8, 4) is 5.75 Å². The summed E-state index contributed by atoms with van der Waals surface area (Å²) in [5.74, 6) is -0.386. The Morgan fingerprint density at radius 3 is 2.71 bits per heavy atom. The van der Waals surface area contributed by atoms with Crippen molar-refractivity contribution in [3.05, 3.63) is 30.1 Å². The minimum atomic E-state index is -0.407. The summed E-state index contributed by atoms with van der Waals surface area (Å²) in [6.45, 7) is 0.587. The predicted molar refractivity (Wildman–Crippen MR) is 65.8 cm³/mol. The van der Waals surface area contributed by atoms with Crippen molar-refractivity contribution < 1.29 is 13.9 Å². The standard InChI is InChI=1S/C11H15FN2O2.ClH/c1-14(11(15)8-13)6-7-16-10-5-3-2-4-9(10)12;/h2-5H,6-8,13H2,1H3;1H.